The summed E-state index contributed by atoms with van der Waals surface area (Å²) >= 11 is 0. The highest BCUT2D eigenvalue weighted by molar-refractivity contribution is 7.90. The molecule has 0 radical (unpaired) electrons. The Hall–Kier alpha value is -2.08. The molecule has 1 aromatic carbocycles. The third kappa shape index (κ3) is 4.42. The Morgan fingerprint density at radius 3 is 2.24 bits per heavy atom. The van der Waals surface area contributed by atoms with Gasteiger partial charge in [-0.2, -0.15) is 0 Å². The van der Waals surface area contributed by atoms with E-state index in [1.54, 1.807) is 29.2 Å². The number of amides is 1. The van der Waals surface area contributed by atoms with Crippen LogP contribution in [0.3, 0.4) is 0 Å². The molecule has 2 aromatic rings. The van der Waals surface area contributed by atoms with Gasteiger partial charge in [-0.05, 0) is 57.4 Å². The topological polar surface area (TPSA) is 59.4 Å². The lowest BCUT2D eigenvalue weighted by atomic mass is 9.95. The number of hydrogen-bond acceptors (Lipinski definition) is 3. The molecule has 1 fully saturated rings. The van der Waals surface area contributed by atoms with Crippen molar-refractivity contribution >= 4 is 15.7 Å². The molecule has 0 N–H and O–H groups in total. The van der Waals surface area contributed by atoms with E-state index >= 15 is 0 Å². The molecular formula is C23H32N2O3S. The molecule has 158 valence electrons. The molecule has 0 bridgehead atoms. The Kier molecular flexibility index (Phi) is 6.22. The predicted octanol–water partition coefficient (Wildman–Crippen LogP) is 4.85. The summed E-state index contributed by atoms with van der Waals surface area (Å²) in [6, 6.07) is 9.14. The van der Waals surface area contributed by atoms with Crippen LogP contribution >= 0.6 is 0 Å². The van der Waals surface area contributed by atoms with Crippen LogP contribution in [0.2, 0.25) is 0 Å². The highest BCUT2D eigenvalue weighted by Gasteiger charge is 2.26. The van der Waals surface area contributed by atoms with Crippen LogP contribution in [0.4, 0.5) is 0 Å². The molecule has 1 saturated carbocycles. The Morgan fingerprint density at radius 2 is 1.69 bits per heavy atom. The van der Waals surface area contributed by atoms with E-state index in [2.05, 4.69) is 11.5 Å². The molecule has 3 rings (SSSR count). The van der Waals surface area contributed by atoms with Gasteiger partial charge in [0.15, 0.2) is 9.84 Å². The molecule has 0 aliphatic heterocycles. The zero-order chi connectivity index (χ0) is 21.3. The van der Waals surface area contributed by atoms with Gasteiger partial charge in [-0.1, -0.05) is 31.4 Å². The van der Waals surface area contributed by atoms with Crippen LogP contribution < -0.4 is 0 Å². The Labute approximate surface area is 174 Å². The van der Waals surface area contributed by atoms with Crippen molar-refractivity contribution in [3.8, 4) is 0 Å². The van der Waals surface area contributed by atoms with Crippen LogP contribution in [-0.2, 0) is 9.84 Å². The van der Waals surface area contributed by atoms with E-state index in [4.69, 9.17) is 0 Å². The van der Waals surface area contributed by atoms with Gasteiger partial charge < -0.3 is 9.47 Å². The smallest absolute Gasteiger partial charge is 0.255 e. The van der Waals surface area contributed by atoms with Crippen LogP contribution in [-0.4, -0.2) is 37.1 Å². The van der Waals surface area contributed by atoms with E-state index in [0.29, 0.717) is 10.9 Å². The predicted molar refractivity (Wildman–Crippen MR) is 116 cm³/mol. The Bertz CT molecular complexity index is 984. The maximum absolute atomic E-state index is 13.3. The molecule has 6 heteroatoms. The normalized spacial score (nSPS) is 16.6. The third-order valence-electron chi connectivity index (χ3n) is 6.35. The van der Waals surface area contributed by atoms with Crippen molar-refractivity contribution in [2.45, 2.75) is 69.9 Å². The second kappa shape index (κ2) is 8.34. The van der Waals surface area contributed by atoms with Crippen LogP contribution in [0, 0.1) is 13.8 Å². The second-order valence-electron chi connectivity index (χ2n) is 8.38. The minimum absolute atomic E-state index is 0.000140. The summed E-state index contributed by atoms with van der Waals surface area (Å²) in [5.41, 5.74) is 3.87. The van der Waals surface area contributed by atoms with Gasteiger partial charge in [0.05, 0.1) is 16.5 Å². The van der Waals surface area contributed by atoms with Gasteiger partial charge in [0, 0.05) is 30.7 Å². The number of aromatic nitrogens is 1. The fourth-order valence-electron chi connectivity index (χ4n) is 4.48. The number of hydrogen-bond donors (Lipinski definition) is 0. The minimum Gasteiger partial charge on any atom is -0.345 e. The van der Waals surface area contributed by atoms with E-state index in [0.717, 1.165) is 22.5 Å². The molecule has 1 aliphatic carbocycles. The van der Waals surface area contributed by atoms with E-state index in [9.17, 15) is 13.2 Å². The highest BCUT2D eigenvalue weighted by atomic mass is 32.2. The molecule has 0 saturated heterocycles. The SMILES string of the molecule is Cc1cc(C(=O)N(C)[C@H](C)c2ccc(S(C)(=O)=O)cc2)c(C)n1C1CCCCC1. The Balaban J connectivity index is 1.82. The van der Waals surface area contributed by atoms with Crippen LogP contribution in [0.15, 0.2) is 35.2 Å². The van der Waals surface area contributed by atoms with E-state index in [-0.39, 0.29) is 11.9 Å². The molecule has 5 nitrogen and oxygen atoms in total. The van der Waals surface area contributed by atoms with Gasteiger partial charge in [-0.15, -0.1) is 0 Å². The zero-order valence-electron chi connectivity index (χ0n) is 18.1. The molecule has 1 amide bonds. The molecule has 0 spiro atoms. The van der Waals surface area contributed by atoms with E-state index < -0.39 is 9.84 Å². The number of aryl methyl sites for hydroxylation is 1. The van der Waals surface area contributed by atoms with Crippen LogP contribution in [0.25, 0.3) is 0 Å². The molecule has 1 aliphatic rings. The molecule has 1 aromatic heterocycles. The van der Waals surface area contributed by atoms with Crippen LogP contribution in [0.5, 0.6) is 0 Å². The first-order valence-electron chi connectivity index (χ1n) is 10.4. The quantitative estimate of drug-likeness (QED) is 0.700. The number of nitrogens with zero attached hydrogens (tertiary/aromatic N) is 2. The summed E-state index contributed by atoms with van der Waals surface area (Å²) in [7, 11) is -1.42. The summed E-state index contributed by atoms with van der Waals surface area (Å²) in [4.78, 5) is 15.3. The number of carbonyl (C=O) groups excluding carboxylic acids is 1. The maximum atomic E-state index is 13.3. The Morgan fingerprint density at radius 1 is 1.10 bits per heavy atom. The summed E-state index contributed by atoms with van der Waals surface area (Å²) < 4.78 is 25.7. The molecular weight excluding hydrogens is 384 g/mol. The van der Waals surface area contributed by atoms with E-state index in [1.165, 1.54) is 38.4 Å². The summed E-state index contributed by atoms with van der Waals surface area (Å²) in [6.07, 6.45) is 7.38. The second-order valence-corrected chi connectivity index (χ2v) is 10.4. The third-order valence-corrected chi connectivity index (χ3v) is 7.48. The molecule has 0 unspecified atom stereocenters. The minimum atomic E-state index is -3.23. The van der Waals surface area contributed by atoms with Crippen molar-refractivity contribution in [2.75, 3.05) is 13.3 Å². The lowest BCUT2D eigenvalue weighted by molar-refractivity contribution is 0.0741. The monoisotopic (exact) mass is 416 g/mol. The zero-order valence-corrected chi connectivity index (χ0v) is 18.9. The summed E-state index contributed by atoms with van der Waals surface area (Å²) in [6.45, 7) is 6.10. The van der Waals surface area contributed by atoms with Crippen molar-refractivity contribution in [1.29, 1.82) is 0 Å². The van der Waals surface area contributed by atoms with Crippen LogP contribution in [0.1, 0.15) is 78.4 Å². The van der Waals surface area contributed by atoms with Gasteiger partial charge in [0.2, 0.25) is 0 Å². The van der Waals surface area contributed by atoms with Crippen molar-refractivity contribution in [2.24, 2.45) is 0 Å². The number of benzene rings is 1. The maximum Gasteiger partial charge on any atom is 0.255 e. The summed E-state index contributed by atoms with van der Waals surface area (Å²) in [5, 5.41) is 0. The summed E-state index contributed by atoms with van der Waals surface area (Å²) in [5.74, 6) is -0.000140. The van der Waals surface area contributed by atoms with Gasteiger partial charge in [0.25, 0.3) is 5.91 Å². The van der Waals surface area contributed by atoms with E-state index in [1.807, 2.05) is 27.0 Å². The fraction of sp³-hybridized carbons (Fsp3) is 0.522. The highest BCUT2D eigenvalue weighted by Crippen LogP contribution is 2.33. The average Bonchev–Trinajstić information content (AvgIpc) is 3.00. The molecule has 29 heavy (non-hydrogen) atoms. The first-order valence-corrected chi connectivity index (χ1v) is 12.3. The van der Waals surface area contributed by atoms with Gasteiger partial charge in [0.1, 0.15) is 0 Å². The largest absolute Gasteiger partial charge is 0.345 e. The van der Waals surface area contributed by atoms with Gasteiger partial charge in [-0.3, -0.25) is 4.79 Å². The van der Waals surface area contributed by atoms with Gasteiger partial charge in [-0.25, -0.2) is 8.42 Å². The first kappa shape index (κ1) is 21.6. The fourth-order valence-corrected chi connectivity index (χ4v) is 5.11. The average molecular weight is 417 g/mol. The van der Waals surface area contributed by atoms with Crippen molar-refractivity contribution in [3.05, 3.63) is 52.8 Å². The number of carbonyl (C=O) groups is 1. The van der Waals surface area contributed by atoms with Crippen molar-refractivity contribution < 1.29 is 13.2 Å². The number of sulfone groups is 1. The molecule has 1 atom stereocenters. The standard InChI is InChI=1S/C23H32N2O3S/c1-16-15-22(18(3)25(16)20-9-7-6-8-10-20)23(26)24(4)17(2)19-11-13-21(14-12-19)29(5,27)28/h11-15,17,20H,6-10H2,1-5H3/t17-/m1/s1. The van der Waals surface area contributed by atoms with Gasteiger partial charge >= 0.3 is 0 Å². The molecule has 1 heterocycles. The lowest BCUT2D eigenvalue weighted by Gasteiger charge is -2.27. The first-order chi connectivity index (χ1) is 13.6. The lowest BCUT2D eigenvalue weighted by Crippen LogP contribution is -2.30. The number of rotatable bonds is 5. The van der Waals surface area contributed by atoms with Crippen molar-refractivity contribution in [1.82, 2.24) is 9.47 Å². The van der Waals surface area contributed by atoms with Crippen molar-refractivity contribution in [3.63, 3.8) is 0 Å².